The van der Waals surface area contributed by atoms with Gasteiger partial charge in [0.15, 0.2) is 11.9 Å². The van der Waals surface area contributed by atoms with Crippen molar-refractivity contribution in [3.63, 3.8) is 0 Å². The standard InChI is InChI=1S/C19H21NO3/c1-11-8-9-17-15(10-11)18(19(22)23-13(3)12(2)21)14-6-4-5-7-16(14)20-17/h8-10,13H,4-7H2,1-3H3/t13-/m0/s1. The molecule has 1 aromatic heterocycles. The third kappa shape index (κ3) is 2.98. The van der Waals surface area contributed by atoms with E-state index in [4.69, 9.17) is 9.72 Å². The number of nitrogens with zero attached hydrogens (tertiary/aromatic N) is 1. The predicted molar refractivity (Wildman–Crippen MR) is 88.7 cm³/mol. The van der Waals surface area contributed by atoms with Crippen molar-refractivity contribution in [2.24, 2.45) is 0 Å². The molecule has 4 nitrogen and oxygen atoms in total. The number of rotatable bonds is 3. The van der Waals surface area contributed by atoms with Crippen molar-refractivity contribution in [2.45, 2.75) is 52.6 Å². The van der Waals surface area contributed by atoms with Crippen molar-refractivity contribution in [3.05, 3.63) is 40.6 Å². The van der Waals surface area contributed by atoms with E-state index in [1.54, 1.807) is 6.92 Å². The van der Waals surface area contributed by atoms with Crippen LogP contribution in [0.3, 0.4) is 0 Å². The van der Waals surface area contributed by atoms with E-state index < -0.39 is 12.1 Å². The number of aryl methyl sites for hydroxylation is 2. The molecule has 0 saturated heterocycles. The van der Waals surface area contributed by atoms with E-state index in [9.17, 15) is 9.59 Å². The Labute approximate surface area is 135 Å². The topological polar surface area (TPSA) is 56.3 Å². The van der Waals surface area contributed by atoms with Gasteiger partial charge < -0.3 is 4.74 Å². The Balaban J connectivity index is 2.17. The summed E-state index contributed by atoms with van der Waals surface area (Å²) >= 11 is 0. The summed E-state index contributed by atoms with van der Waals surface area (Å²) in [4.78, 5) is 28.9. The van der Waals surface area contributed by atoms with Crippen LogP contribution in [0.25, 0.3) is 10.9 Å². The molecule has 4 heteroatoms. The minimum atomic E-state index is -0.727. The number of ketones is 1. The summed E-state index contributed by atoms with van der Waals surface area (Å²) in [6, 6.07) is 5.93. The molecule has 0 radical (unpaired) electrons. The molecule has 0 bridgehead atoms. The monoisotopic (exact) mass is 311 g/mol. The lowest BCUT2D eigenvalue weighted by atomic mass is 9.89. The van der Waals surface area contributed by atoms with Crippen LogP contribution < -0.4 is 0 Å². The van der Waals surface area contributed by atoms with Crippen molar-refractivity contribution in [1.29, 1.82) is 0 Å². The first kappa shape index (κ1) is 15.7. The second-order valence-electron chi connectivity index (χ2n) is 6.30. The van der Waals surface area contributed by atoms with Crippen molar-refractivity contribution in [2.75, 3.05) is 0 Å². The molecule has 0 N–H and O–H groups in total. The summed E-state index contributed by atoms with van der Waals surface area (Å²) in [6.07, 6.45) is 3.14. The fourth-order valence-electron chi connectivity index (χ4n) is 3.07. The number of esters is 1. The Morgan fingerprint density at radius 3 is 2.70 bits per heavy atom. The Kier molecular flexibility index (Phi) is 4.16. The van der Waals surface area contributed by atoms with Gasteiger partial charge in [-0.05, 0) is 64.2 Å². The minimum absolute atomic E-state index is 0.151. The molecule has 23 heavy (non-hydrogen) atoms. The Morgan fingerprint density at radius 2 is 1.96 bits per heavy atom. The molecule has 1 aromatic carbocycles. The maximum Gasteiger partial charge on any atom is 0.339 e. The highest BCUT2D eigenvalue weighted by atomic mass is 16.5. The average molecular weight is 311 g/mol. The Hall–Kier alpha value is -2.23. The zero-order valence-corrected chi connectivity index (χ0v) is 13.8. The molecule has 1 heterocycles. The van der Waals surface area contributed by atoms with Crippen molar-refractivity contribution in [3.8, 4) is 0 Å². The van der Waals surface area contributed by atoms with Crippen molar-refractivity contribution < 1.29 is 14.3 Å². The van der Waals surface area contributed by atoms with Gasteiger partial charge in [0, 0.05) is 11.1 Å². The number of benzene rings is 1. The number of Topliss-reactive ketones (excluding diaryl/α,β-unsaturated/α-hetero) is 1. The van der Waals surface area contributed by atoms with Gasteiger partial charge in [0.25, 0.3) is 0 Å². The van der Waals surface area contributed by atoms with Crippen LogP contribution in [0.2, 0.25) is 0 Å². The van der Waals surface area contributed by atoms with Crippen LogP contribution in [-0.2, 0) is 22.4 Å². The zero-order chi connectivity index (χ0) is 16.6. The van der Waals surface area contributed by atoms with Gasteiger partial charge in [0.05, 0.1) is 11.1 Å². The van der Waals surface area contributed by atoms with Gasteiger partial charge in [-0.3, -0.25) is 9.78 Å². The first-order chi connectivity index (χ1) is 11.0. The minimum Gasteiger partial charge on any atom is -0.451 e. The maximum atomic E-state index is 12.8. The predicted octanol–water partition coefficient (Wildman–Crippen LogP) is 3.56. The highest BCUT2D eigenvalue weighted by Gasteiger charge is 2.25. The molecular weight excluding hydrogens is 290 g/mol. The van der Waals surface area contributed by atoms with E-state index >= 15 is 0 Å². The molecule has 1 aliphatic carbocycles. The lowest BCUT2D eigenvalue weighted by Crippen LogP contribution is -2.24. The number of fused-ring (bicyclic) bond motifs is 2. The Morgan fingerprint density at radius 1 is 1.22 bits per heavy atom. The number of ether oxygens (including phenoxy) is 1. The number of hydrogen-bond donors (Lipinski definition) is 0. The van der Waals surface area contributed by atoms with E-state index in [-0.39, 0.29) is 5.78 Å². The fraction of sp³-hybridized carbons (Fsp3) is 0.421. The van der Waals surface area contributed by atoms with E-state index in [2.05, 4.69) is 0 Å². The number of pyridine rings is 1. The second-order valence-corrected chi connectivity index (χ2v) is 6.30. The third-order valence-electron chi connectivity index (χ3n) is 4.48. The van der Waals surface area contributed by atoms with E-state index in [0.29, 0.717) is 5.56 Å². The second kappa shape index (κ2) is 6.11. The van der Waals surface area contributed by atoms with E-state index in [1.165, 1.54) is 6.92 Å². The number of carbonyl (C=O) groups excluding carboxylic acids is 2. The number of carbonyl (C=O) groups is 2. The smallest absolute Gasteiger partial charge is 0.339 e. The quantitative estimate of drug-likeness (QED) is 0.813. The lowest BCUT2D eigenvalue weighted by Gasteiger charge is -2.21. The van der Waals surface area contributed by atoms with Crippen LogP contribution in [0.1, 0.15) is 53.9 Å². The molecule has 1 aliphatic rings. The maximum absolute atomic E-state index is 12.8. The van der Waals surface area contributed by atoms with Gasteiger partial charge in [0.1, 0.15) is 0 Å². The fourth-order valence-corrected chi connectivity index (χ4v) is 3.07. The molecule has 0 spiro atoms. The lowest BCUT2D eigenvalue weighted by molar-refractivity contribution is -0.124. The van der Waals surface area contributed by atoms with Gasteiger partial charge in [-0.25, -0.2) is 4.79 Å². The number of hydrogen-bond acceptors (Lipinski definition) is 4. The van der Waals surface area contributed by atoms with Crippen LogP contribution in [0.5, 0.6) is 0 Å². The van der Waals surface area contributed by atoms with Crippen molar-refractivity contribution in [1.82, 2.24) is 4.98 Å². The highest BCUT2D eigenvalue weighted by Crippen LogP contribution is 2.30. The summed E-state index contributed by atoms with van der Waals surface area (Å²) in [5, 5.41) is 0.825. The molecule has 1 atom stereocenters. The van der Waals surface area contributed by atoms with Gasteiger partial charge >= 0.3 is 5.97 Å². The summed E-state index contributed by atoms with van der Waals surface area (Å²) in [5.41, 5.74) is 4.48. The van der Waals surface area contributed by atoms with Crippen LogP contribution >= 0.6 is 0 Å². The van der Waals surface area contributed by atoms with Crippen LogP contribution in [0, 0.1) is 6.92 Å². The SMILES string of the molecule is CC(=O)[C@H](C)OC(=O)c1c2c(nc3ccc(C)cc13)CCCC2. The molecule has 0 fully saturated rings. The largest absolute Gasteiger partial charge is 0.451 e. The molecule has 3 rings (SSSR count). The van der Waals surface area contributed by atoms with Gasteiger partial charge in [0.2, 0.25) is 0 Å². The summed E-state index contributed by atoms with van der Waals surface area (Å²) in [7, 11) is 0. The molecule has 2 aromatic rings. The third-order valence-corrected chi connectivity index (χ3v) is 4.48. The summed E-state index contributed by atoms with van der Waals surface area (Å²) in [6.45, 7) is 5.04. The van der Waals surface area contributed by atoms with Gasteiger partial charge in [-0.15, -0.1) is 0 Å². The van der Waals surface area contributed by atoms with E-state index in [0.717, 1.165) is 53.4 Å². The van der Waals surface area contributed by atoms with Crippen molar-refractivity contribution >= 4 is 22.7 Å². The van der Waals surface area contributed by atoms with Crippen LogP contribution in [0.4, 0.5) is 0 Å². The molecule has 0 amide bonds. The van der Waals surface area contributed by atoms with Crippen LogP contribution in [-0.4, -0.2) is 22.8 Å². The molecular formula is C19H21NO3. The molecule has 0 unspecified atom stereocenters. The normalized spacial score (nSPS) is 15.1. The molecule has 0 aliphatic heterocycles. The highest BCUT2D eigenvalue weighted by molar-refractivity contribution is 6.06. The first-order valence-electron chi connectivity index (χ1n) is 8.11. The summed E-state index contributed by atoms with van der Waals surface area (Å²) < 4.78 is 5.40. The van der Waals surface area contributed by atoms with Crippen LogP contribution in [0.15, 0.2) is 18.2 Å². The van der Waals surface area contributed by atoms with E-state index in [1.807, 2.05) is 25.1 Å². The Bertz CT molecular complexity index is 795. The van der Waals surface area contributed by atoms with Gasteiger partial charge in [-0.2, -0.15) is 0 Å². The molecule has 120 valence electrons. The summed E-state index contributed by atoms with van der Waals surface area (Å²) in [5.74, 6) is -0.564. The number of aromatic nitrogens is 1. The van der Waals surface area contributed by atoms with Gasteiger partial charge in [-0.1, -0.05) is 11.6 Å². The molecule has 0 saturated carbocycles. The first-order valence-corrected chi connectivity index (χ1v) is 8.11. The zero-order valence-electron chi connectivity index (χ0n) is 13.8. The average Bonchev–Trinajstić information content (AvgIpc) is 2.52.